The highest BCUT2D eigenvalue weighted by Gasteiger charge is 2.45. The maximum Gasteiger partial charge on any atom is 0.306 e. The summed E-state index contributed by atoms with van der Waals surface area (Å²) in [6.07, 6.45) is 25.8. The van der Waals surface area contributed by atoms with Gasteiger partial charge in [-0.25, -0.2) is 0 Å². The van der Waals surface area contributed by atoms with Crippen molar-refractivity contribution in [3.8, 4) is 0 Å². The zero-order chi connectivity index (χ0) is 70.5. The third-order valence-corrected chi connectivity index (χ3v) is 18.5. The Hall–Kier alpha value is -4.32. The van der Waals surface area contributed by atoms with Crippen LogP contribution in [0.25, 0.3) is 0 Å². The molecule has 12 atom stereocenters. The molecule has 0 saturated carbocycles. The van der Waals surface area contributed by atoms with Gasteiger partial charge < -0.3 is 73.3 Å². The molecule has 2 aliphatic heterocycles. The van der Waals surface area contributed by atoms with Gasteiger partial charge in [-0.15, -0.1) is 0 Å². The van der Waals surface area contributed by atoms with Gasteiger partial charge in [-0.2, -0.15) is 0 Å². The molecule has 6 N–H and O–H groups in total. The highest BCUT2D eigenvalue weighted by atomic mass is 16.7. The summed E-state index contributed by atoms with van der Waals surface area (Å²) in [5.41, 5.74) is 0.830. The fourth-order valence-electron chi connectivity index (χ4n) is 12.3. The summed E-state index contributed by atoms with van der Waals surface area (Å²) in [6, 6.07) is 9.22. The third-order valence-electron chi connectivity index (χ3n) is 18.5. The smallest absolute Gasteiger partial charge is 0.306 e. The Morgan fingerprint density at radius 1 is 0.361 bits per heavy atom. The minimum absolute atomic E-state index is 0.00903. The van der Waals surface area contributed by atoms with Gasteiger partial charge >= 0.3 is 35.8 Å². The van der Waals surface area contributed by atoms with Crippen molar-refractivity contribution in [1.29, 1.82) is 0 Å². The second-order valence-corrected chi connectivity index (χ2v) is 27.2. The zero-order valence-electron chi connectivity index (χ0n) is 59.8. The molecule has 0 bridgehead atoms. The molecular weight excluding hydrogens is 1250 g/mol. The maximum atomic E-state index is 12.9. The van der Waals surface area contributed by atoms with Gasteiger partial charge in [-0.05, 0) is 102 Å². The average molecular weight is 1380 g/mol. The zero-order valence-corrected chi connectivity index (χ0v) is 59.8. The van der Waals surface area contributed by atoms with Crippen LogP contribution in [0.3, 0.4) is 0 Å². The third kappa shape index (κ3) is 42.5. The maximum absolute atomic E-state index is 12.9. The van der Waals surface area contributed by atoms with Crippen LogP contribution in [-0.2, 0) is 78.0 Å². The van der Waals surface area contributed by atoms with Crippen molar-refractivity contribution in [2.45, 2.75) is 383 Å². The molecule has 2 fully saturated rings. The number of aliphatic hydroxyl groups is 6. The molecule has 21 heteroatoms. The Kier molecular flexibility index (Phi) is 50.5. The Morgan fingerprint density at radius 2 is 0.691 bits per heavy atom. The van der Waals surface area contributed by atoms with E-state index in [9.17, 15) is 59.4 Å². The molecule has 4 unspecified atom stereocenters. The van der Waals surface area contributed by atoms with E-state index < -0.39 is 73.2 Å². The van der Waals surface area contributed by atoms with Crippen LogP contribution in [0, 0.1) is 0 Å². The predicted octanol–water partition coefficient (Wildman–Crippen LogP) is 13.1. The molecule has 1 aromatic carbocycles. The van der Waals surface area contributed by atoms with Crippen LogP contribution in [0.4, 0.5) is 0 Å². The van der Waals surface area contributed by atoms with E-state index in [1.165, 1.54) is 0 Å². The summed E-state index contributed by atoms with van der Waals surface area (Å²) in [7, 11) is 0. The van der Waals surface area contributed by atoms with Crippen molar-refractivity contribution >= 4 is 35.8 Å². The van der Waals surface area contributed by atoms with Crippen LogP contribution in [-0.4, -0.2) is 166 Å². The molecule has 0 aliphatic carbocycles. The van der Waals surface area contributed by atoms with Crippen LogP contribution in [0.15, 0.2) is 30.3 Å². The first kappa shape index (κ1) is 86.9. The molecule has 2 aliphatic rings. The number of hydrogen-bond acceptors (Lipinski definition) is 21. The number of hydrogen-bond donors (Lipinski definition) is 6. The second kappa shape index (κ2) is 56.3. The summed E-state index contributed by atoms with van der Waals surface area (Å²) < 4.78 is 50.1. The van der Waals surface area contributed by atoms with E-state index in [-0.39, 0.29) is 94.4 Å². The van der Waals surface area contributed by atoms with Crippen molar-refractivity contribution < 1.29 is 102 Å². The second-order valence-electron chi connectivity index (χ2n) is 27.2. The molecule has 2 heterocycles. The number of carbonyl (C=O) groups excluding carboxylic acids is 6. The lowest BCUT2D eigenvalue weighted by Crippen LogP contribution is -2.59. The Morgan fingerprint density at radius 3 is 1.10 bits per heavy atom. The molecule has 0 spiro atoms. The average Bonchev–Trinajstić information content (AvgIpc) is 0.835. The minimum Gasteiger partial charge on any atom is -0.466 e. The highest BCUT2D eigenvalue weighted by Crippen LogP contribution is 2.26. The fraction of sp³-hybridized carbons (Fsp3) is 0.842. The SMILES string of the molecule is CCCCCC[C@H](CCCCCCCCCCC(=O)OCCCCCCCCCCOC(=O)CCCCCCCCCC[C@@H](CCCCCC)OC(=O)CCCC(=O)OCC1O[C@@H](C)C(O)[C@@H](O)[C@H]1O)OC(=O)CCCC(=O)OCC1O[C@@H](OCc2ccccc2)C(O)[C@@H](O)[C@@H]1O. The normalized spacial score (nSPS) is 21.5. The number of carbonyl (C=O) groups is 6. The summed E-state index contributed by atoms with van der Waals surface area (Å²) in [5, 5.41) is 61.2. The number of unbranched alkanes of at least 4 members (excludes halogenated alkanes) is 27. The number of benzene rings is 1. The first-order valence-electron chi connectivity index (χ1n) is 38.1. The van der Waals surface area contributed by atoms with Gasteiger partial charge in [0.2, 0.25) is 0 Å². The predicted molar refractivity (Wildman–Crippen MR) is 368 cm³/mol. The topological polar surface area (TPSA) is 307 Å². The van der Waals surface area contributed by atoms with E-state index in [4.69, 9.17) is 42.6 Å². The van der Waals surface area contributed by atoms with Crippen LogP contribution >= 0.6 is 0 Å². The lowest BCUT2D eigenvalue weighted by atomic mass is 9.96. The largest absolute Gasteiger partial charge is 0.466 e. The van der Waals surface area contributed by atoms with E-state index in [0.29, 0.717) is 26.1 Å². The lowest BCUT2D eigenvalue weighted by molar-refractivity contribution is -0.304. The minimum atomic E-state index is -1.56. The van der Waals surface area contributed by atoms with E-state index in [2.05, 4.69) is 13.8 Å². The van der Waals surface area contributed by atoms with Crippen LogP contribution in [0.1, 0.15) is 309 Å². The molecule has 3 rings (SSSR count). The van der Waals surface area contributed by atoms with Crippen molar-refractivity contribution in [1.82, 2.24) is 0 Å². The molecule has 21 nitrogen and oxygen atoms in total. The van der Waals surface area contributed by atoms with E-state index >= 15 is 0 Å². The Bertz CT molecular complexity index is 2170. The van der Waals surface area contributed by atoms with Gasteiger partial charge in [0.15, 0.2) is 6.29 Å². The van der Waals surface area contributed by atoms with E-state index in [1.807, 2.05) is 30.3 Å². The molecule has 0 aromatic heterocycles. The molecule has 0 amide bonds. The first-order chi connectivity index (χ1) is 47.0. The summed E-state index contributed by atoms with van der Waals surface area (Å²) in [6.45, 7) is 6.35. The van der Waals surface area contributed by atoms with Gasteiger partial charge in [0.05, 0.1) is 25.9 Å². The van der Waals surface area contributed by atoms with Crippen LogP contribution in [0.5, 0.6) is 0 Å². The van der Waals surface area contributed by atoms with Crippen molar-refractivity contribution in [2.75, 3.05) is 26.4 Å². The van der Waals surface area contributed by atoms with E-state index in [1.54, 1.807) is 6.92 Å². The first-order valence-corrected chi connectivity index (χ1v) is 38.1. The number of rotatable bonds is 60. The molecule has 1 aromatic rings. The Labute approximate surface area is 581 Å². The quantitative estimate of drug-likeness (QED) is 0.0201. The van der Waals surface area contributed by atoms with Gasteiger partial charge in [-0.1, -0.05) is 198 Å². The number of aliphatic hydroxyl groups excluding tert-OH is 6. The van der Waals surface area contributed by atoms with Gasteiger partial charge in [-0.3, -0.25) is 28.8 Å². The highest BCUT2D eigenvalue weighted by molar-refractivity contribution is 5.73. The molecular formula is C76H130O21. The Balaban J connectivity index is 1.07. The number of ether oxygens (including phenoxy) is 9. The van der Waals surface area contributed by atoms with Crippen LogP contribution in [0.2, 0.25) is 0 Å². The summed E-state index contributed by atoms with van der Waals surface area (Å²) in [5.74, 6) is -1.99. The molecule has 97 heavy (non-hydrogen) atoms. The van der Waals surface area contributed by atoms with Crippen molar-refractivity contribution in [3.63, 3.8) is 0 Å². The van der Waals surface area contributed by atoms with Crippen LogP contribution < -0.4 is 0 Å². The van der Waals surface area contributed by atoms with Gasteiger partial charge in [0.25, 0.3) is 0 Å². The van der Waals surface area contributed by atoms with Crippen molar-refractivity contribution in [2.24, 2.45) is 0 Å². The fourth-order valence-corrected chi connectivity index (χ4v) is 12.3. The van der Waals surface area contributed by atoms with E-state index in [0.717, 1.165) is 237 Å². The van der Waals surface area contributed by atoms with Crippen molar-refractivity contribution in [3.05, 3.63) is 35.9 Å². The van der Waals surface area contributed by atoms with Gasteiger partial charge in [0, 0.05) is 38.5 Å². The van der Waals surface area contributed by atoms with Gasteiger partial charge in [0.1, 0.15) is 74.3 Å². The monoisotopic (exact) mass is 1380 g/mol. The number of esters is 6. The standard InChI is InChI=1S/C76H130O21/c1-4-6-8-31-43-60(95-68(81)51-39-49-66(79)91-56-62-71(84)73(86)70(83)58(3)94-62)45-33-22-16-10-12-18-24-35-47-64(77)89-53-37-26-20-14-15-21-27-38-54-90-65(78)48-36-25-19-13-11-17-23-34-46-61(44-32-9-7-5-2)96-69(82)52-40-50-67(80)92-57-63-72(85)74(87)75(88)76(97-63)93-55-59-41-29-28-30-42-59/h28-30,41-42,58,60-63,70-76,83-88H,4-27,31-40,43-57H2,1-3H3/t58-,60+,61+,62?,63?,70?,71-,72+,73+,74-,75?,76+/m0/s1. The summed E-state index contributed by atoms with van der Waals surface area (Å²) >= 11 is 0. The lowest BCUT2D eigenvalue weighted by Gasteiger charge is -2.39. The molecule has 0 radical (unpaired) electrons. The molecule has 2 saturated heterocycles. The summed E-state index contributed by atoms with van der Waals surface area (Å²) in [4.78, 5) is 75.1. The molecule has 560 valence electrons.